The van der Waals surface area contributed by atoms with Crippen LogP contribution in [0.25, 0.3) is 10.6 Å². The van der Waals surface area contributed by atoms with Crippen molar-refractivity contribution in [1.82, 2.24) is 9.36 Å². The molecule has 0 aliphatic heterocycles. The minimum Gasteiger partial charge on any atom is -0.293 e. The highest BCUT2D eigenvalue weighted by Gasteiger charge is 2.08. The Balaban J connectivity index is 2.18. The van der Waals surface area contributed by atoms with E-state index < -0.39 is 0 Å². The molecule has 4 nitrogen and oxygen atoms in total. The quantitative estimate of drug-likeness (QED) is 0.870. The van der Waals surface area contributed by atoms with Crippen LogP contribution in [-0.2, 0) is 4.79 Å². The van der Waals surface area contributed by atoms with Crippen LogP contribution in [0.5, 0.6) is 0 Å². The van der Waals surface area contributed by atoms with Gasteiger partial charge >= 0.3 is 0 Å². The molecule has 0 aliphatic carbocycles. The number of aryl methyl sites for hydroxylation is 1. The highest BCUT2D eigenvalue weighted by molar-refractivity contribution is 7.09. The number of nitrogens with zero attached hydrogens (tertiary/aromatic N) is 2. The summed E-state index contributed by atoms with van der Waals surface area (Å²) in [4.78, 5) is 15.3. The number of halogens is 1. The van der Waals surface area contributed by atoms with Gasteiger partial charge in [0.15, 0.2) is 0 Å². The molecule has 0 aliphatic rings. The average molecular weight is 268 g/mol. The minimum absolute atomic E-state index is 0.0981. The SMILES string of the molecule is Cc1ccc(-c2nc(NC(=O)CCl)ns2)cc1. The van der Waals surface area contributed by atoms with Gasteiger partial charge in [0, 0.05) is 5.56 Å². The van der Waals surface area contributed by atoms with Crippen molar-refractivity contribution in [3.63, 3.8) is 0 Å². The summed E-state index contributed by atoms with van der Waals surface area (Å²) >= 11 is 6.62. The molecule has 1 amide bonds. The molecule has 2 aromatic rings. The van der Waals surface area contributed by atoms with Gasteiger partial charge < -0.3 is 0 Å². The van der Waals surface area contributed by atoms with Gasteiger partial charge in [0.05, 0.1) is 0 Å². The predicted octanol–water partition coefficient (Wildman–Crippen LogP) is 2.69. The first-order valence-corrected chi connectivity index (χ1v) is 6.26. The third-order valence-corrected chi connectivity index (χ3v) is 3.10. The molecule has 1 N–H and O–H groups in total. The maximum absolute atomic E-state index is 11.1. The topological polar surface area (TPSA) is 54.9 Å². The van der Waals surface area contributed by atoms with Gasteiger partial charge in [-0.05, 0) is 18.5 Å². The lowest BCUT2D eigenvalue weighted by molar-refractivity contribution is -0.114. The van der Waals surface area contributed by atoms with E-state index in [9.17, 15) is 4.79 Å². The first-order chi connectivity index (χ1) is 8.19. The molecule has 0 bridgehead atoms. The van der Waals surface area contributed by atoms with Gasteiger partial charge in [0.2, 0.25) is 11.9 Å². The Bertz CT molecular complexity index is 524. The Kier molecular flexibility index (Phi) is 3.71. The van der Waals surface area contributed by atoms with Crippen molar-refractivity contribution in [3.8, 4) is 10.6 Å². The lowest BCUT2D eigenvalue weighted by Gasteiger charge is -1.96. The number of anilines is 1. The Morgan fingerprint density at radius 3 is 2.76 bits per heavy atom. The van der Waals surface area contributed by atoms with E-state index in [1.165, 1.54) is 17.1 Å². The Morgan fingerprint density at radius 2 is 2.12 bits per heavy atom. The number of amides is 1. The summed E-state index contributed by atoms with van der Waals surface area (Å²) in [5, 5.41) is 3.28. The molecule has 1 heterocycles. The van der Waals surface area contributed by atoms with Crippen molar-refractivity contribution in [2.45, 2.75) is 6.92 Å². The Morgan fingerprint density at radius 1 is 1.41 bits per heavy atom. The largest absolute Gasteiger partial charge is 0.293 e. The molecule has 0 fully saturated rings. The normalized spacial score (nSPS) is 10.2. The molecule has 0 spiro atoms. The molecule has 1 aromatic carbocycles. The van der Waals surface area contributed by atoms with Crippen LogP contribution in [0.15, 0.2) is 24.3 Å². The van der Waals surface area contributed by atoms with Crippen molar-refractivity contribution in [2.24, 2.45) is 0 Å². The van der Waals surface area contributed by atoms with Crippen molar-refractivity contribution in [1.29, 1.82) is 0 Å². The number of alkyl halides is 1. The number of benzene rings is 1. The molecule has 88 valence electrons. The molecular formula is C11H10ClN3OS. The fraction of sp³-hybridized carbons (Fsp3) is 0.182. The van der Waals surface area contributed by atoms with E-state index in [0.717, 1.165) is 10.6 Å². The summed E-state index contributed by atoms with van der Waals surface area (Å²) in [7, 11) is 0. The molecule has 6 heteroatoms. The van der Waals surface area contributed by atoms with Crippen LogP contribution in [0, 0.1) is 6.92 Å². The lowest BCUT2D eigenvalue weighted by Crippen LogP contribution is -2.13. The summed E-state index contributed by atoms with van der Waals surface area (Å²) in [6.07, 6.45) is 0. The molecule has 17 heavy (non-hydrogen) atoms. The Labute approximate surface area is 108 Å². The number of hydrogen-bond donors (Lipinski definition) is 1. The third-order valence-electron chi connectivity index (χ3n) is 2.10. The van der Waals surface area contributed by atoms with E-state index in [0.29, 0.717) is 5.95 Å². The van der Waals surface area contributed by atoms with Crippen molar-refractivity contribution in [2.75, 3.05) is 11.2 Å². The highest BCUT2D eigenvalue weighted by atomic mass is 35.5. The zero-order valence-corrected chi connectivity index (χ0v) is 10.7. The smallest absolute Gasteiger partial charge is 0.241 e. The molecule has 1 aromatic heterocycles. The number of hydrogen-bond acceptors (Lipinski definition) is 4. The summed E-state index contributed by atoms with van der Waals surface area (Å²) in [5.41, 5.74) is 2.17. The molecular weight excluding hydrogens is 258 g/mol. The molecule has 0 saturated heterocycles. The van der Waals surface area contributed by atoms with Crippen molar-refractivity contribution < 1.29 is 4.79 Å². The van der Waals surface area contributed by atoms with Gasteiger partial charge in [-0.2, -0.15) is 9.36 Å². The van der Waals surface area contributed by atoms with E-state index in [1.54, 1.807) is 0 Å². The molecule has 2 rings (SSSR count). The van der Waals surface area contributed by atoms with E-state index in [4.69, 9.17) is 11.6 Å². The minimum atomic E-state index is -0.306. The monoisotopic (exact) mass is 267 g/mol. The highest BCUT2D eigenvalue weighted by Crippen LogP contribution is 2.23. The number of carbonyl (C=O) groups excluding carboxylic acids is 1. The first kappa shape index (κ1) is 12.0. The second-order valence-corrected chi connectivity index (χ2v) is 4.49. The van der Waals surface area contributed by atoms with Gasteiger partial charge in [-0.3, -0.25) is 10.1 Å². The van der Waals surface area contributed by atoms with E-state index >= 15 is 0 Å². The van der Waals surface area contributed by atoms with E-state index in [-0.39, 0.29) is 11.8 Å². The molecule has 0 saturated carbocycles. The zero-order valence-electron chi connectivity index (χ0n) is 9.11. The van der Waals surface area contributed by atoms with Gasteiger partial charge in [-0.25, -0.2) is 0 Å². The lowest BCUT2D eigenvalue weighted by atomic mass is 10.2. The third kappa shape index (κ3) is 3.01. The fourth-order valence-electron chi connectivity index (χ4n) is 1.25. The fourth-order valence-corrected chi connectivity index (χ4v) is 1.94. The summed E-state index contributed by atoms with van der Waals surface area (Å²) < 4.78 is 4.04. The standard InChI is InChI=1S/C11H10ClN3OS/c1-7-2-4-8(5-3-7)10-14-11(15-17-10)13-9(16)6-12/h2-5H,6H2,1H3,(H,13,15,16). The first-order valence-electron chi connectivity index (χ1n) is 4.95. The van der Waals surface area contributed by atoms with E-state index in [1.807, 2.05) is 31.2 Å². The van der Waals surface area contributed by atoms with Crippen LogP contribution in [0.2, 0.25) is 0 Å². The molecule has 0 atom stereocenters. The number of rotatable bonds is 3. The van der Waals surface area contributed by atoms with Gasteiger partial charge in [0.25, 0.3) is 0 Å². The summed E-state index contributed by atoms with van der Waals surface area (Å²) in [6, 6.07) is 7.97. The summed E-state index contributed by atoms with van der Waals surface area (Å²) in [5.74, 6) is -0.102. The zero-order chi connectivity index (χ0) is 12.3. The second kappa shape index (κ2) is 5.25. The molecule has 0 radical (unpaired) electrons. The average Bonchev–Trinajstić information content (AvgIpc) is 2.78. The van der Waals surface area contributed by atoms with Gasteiger partial charge in [-0.1, -0.05) is 29.8 Å². The Hall–Kier alpha value is -1.46. The maximum Gasteiger partial charge on any atom is 0.241 e. The number of aromatic nitrogens is 2. The van der Waals surface area contributed by atoms with Crippen LogP contribution < -0.4 is 5.32 Å². The van der Waals surface area contributed by atoms with Crippen LogP contribution in [0.4, 0.5) is 5.95 Å². The van der Waals surface area contributed by atoms with Gasteiger partial charge in [-0.15, -0.1) is 11.6 Å². The summed E-state index contributed by atoms with van der Waals surface area (Å²) in [6.45, 7) is 2.02. The number of nitrogens with one attached hydrogen (secondary N) is 1. The van der Waals surface area contributed by atoms with Gasteiger partial charge in [0.1, 0.15) is 10.9 Å². The number of carbonyl (C=O) groups is 1. The van der Waals surface area contributed by atoms with Crippen LogP contribution in [0.3, 0.4) is 0 Å². The maximum atomic E-state index is 11.1. The van der Waals surface area contributed by atoms with Crippen molar-refractivity contribution >= 4 is 35.0 Å². The van der Waals surface area contributed by atoms with Crippen LogP contribution in [0.1, 0.15) is 5.56 Å². The predicted molar refractivity (Wildman–Crippen MR) is 69.4 cm³/mol. The molecule has 0 unspecified atom stereocenters. The second-order valence-electron chi connectivity index (χ2n) is 3.47. The van der Waals surface area contributed by atoms with Crippen molar-refractivity contribution in [3.05, 3.63) is 29.8 Å². The van der Waals surface area contributed by atoms with Crippen LogP contribution >= 0.6 is 23.1 Å². The van der Waals surface area contributed by atoms with E-state index in [2.05, 4.69) is 14.7 Å². The van der Waals surface area contributed by atoms with Crippen LogP contribution in [-0.4, -0.2) is 21.1 Å².